The van der Waals surface area contributed by atoms with Crippen LogP contribution in [0.4, 0.5) is 5.82 Å². The van der Waals surface area contributed by atoms with Crippen LogP contribution in [-0.4, -0.2) is 35.0 Å². The molecule has 0 radical (unpaired) electrons. The van der Waals surface area contributed by atoms with Gasteiger partial charge >= 0.3 is 5.97 Å². The minimum Gasteiger partial charge on any atom is -0.467 e. The van der Waals surface area contributed by atoms with Crippen molar-refractivity contribution in [2.24, 2.45) is 5.92 Å². The number of esters is 1. The molecule has 1 amide bonds. The van der Waals surface area contributed by atoms with Crippen molar-refractivity contribution in [3.05, 3.63) is 65.5 Å². The molecule has 0 aliphatic heterocycles. The Morgan fingerprint density at radius 2 is 1.81 bits per heavy atom. The van der Waals surface area contributed by atoms with E-state index in [0.29, 0.717) is 28.3 Å². The first-order chi connectivity index (χ1) is 14.9. The van der Waals surface area contributed by atoms with Crippen LogP contribution < -0.4 is 10.6 Å². The number of amides is 1. The summed E-state index contributed by atoms with van der Waals surface area (Å²) < 4.78 is 4.92. The second kappa shape index (κ2) is 9.72. The Morgan fingerprint density at radius 3 is 2.45 bits per heavy atom. The average molecular weight is 416 g/mol. The van der Waals surface area contributed by atoms with Crippen molar-refractivity contribution in [2.45, 2.75) is 26.4 Å². The van der Waals surface area contributed by atoms with E-state index >= 15 is 0 Å². The fourth-order valence-corrected chi connectivity index (χ4v) is 3.07. The van der Waals surface area contributed by atoms with E-state index in [1.54, 1.807) is 24.3 Å². The van der Waals surface area contributed by atoms with Crippen molar-refractivity contribution in [2.75, 3.05) is 12.4 Å². The molecule has 0 unspecified atom stereocenters. The fraction of sp³-hybridized carbons (Fsp3) is 0.250. The minimum atomic E-state index is -0.569. The lowest BCUT2D eigenvalue weighted by molar-refractivity contribution is -0.142. The van der Waals surface area contributed by atoms with E-state index in [2.05, 4.69) is 26.5 Å². The lowest BCUT2D eigenvalue weighted by Crippen LogP contribution is -2.36. The summed E-state index contributed by atoms with van der Waals surface area (Å²) in [7, 11) is 1.36. The minimum absolute atomic E-state index is 0.0182. The predicted molar refractivity (Wildman–Crippen MR) is 119 cm³/mol. The van der Waals surface area contributed by atoms with Gasteiger partial charge in [0.1, 0.15) is 11.9 Å². The second-order valence-electron chi connectivity index (χ2n) is 7.30. The van der Waals surface area contributed by atoms with Crippen LogP contribution in [0, 0.1) is 18.3 Å². The summed E-state index contributed by atoms with van der Waals surface area (Å²) in [6, 6.07) is 13.7. The lowest BCUT2D eigenvalue weighted by atomic mass is 10.0. The summed E-state index contributed by atoms with van der Waals surface area (Å²) in [6.07, 6.45) is 5.35. The summed E-state index contributed by atoms with van der Waals surface area (Å²) in [4.78, 5) is 33.8. The van der Waals surface area contributed by atoms with E-state index in [4.69, 9.17) is 11.2 Å². The van der Waals surface area contributed by atoms with Crippen molar-refractivity contribution in [3.8, 4) is 12.3 Å². The lowest BCUT2D eigenvalue weighted by Gasteiger charge is -2.21. The molecule has 0 bridgehead atoms. The number of carbonyl (C=O) groups excluding carboxylic acids is 2. The molecule has 1 heterocycles. The summed E-state index contributed by atoms with van der Waals surface area (Å²) in [5.74, 6) is 2.80. The van der Waals surface area contributed by atoms with Crippen LogP contribution >= 0.6 is 0 Å². The van der Waals surface area contributed by atoms with Crippen molar-refractivity contribution >= 4 is 28.6 Å². The molecule has 0 aliphatic carbocycles. The van der Waals surface area contributed by atoms with Gasteiger partial charge in [-0.15, -0.1) is 6.42 Å². The maximum absolute atomic E-state index is 12.5. The molecule has 0 saturated carbocycles. The number of para-hydroxylation sites is 1. The molecule has 31 heavy (non-hydrogen) atoms. The number of rotatable bonds is 7. The molecule has 3 rings (SSSR count). The number of carbonyl (C=O) groups is 2. The largest absolute Gasteiger partial charge is 0.467 e. The summed E-state index contributed by atoms with van der Waals surface area (Å²) in [5, 5.41) is 6.78. The van der Waals surface area contributed by atoms with Crippen LogP contribution in [-0.2, 0) is 16.1 Å². The third-order valence-corrected chi connectivity index (χ3v) is 4.78. The van der Waals surface area contributed by atoms with E-state index in [9.17, 15) is 9.59 Å². The topological polar surface area (TPSA) is 93.2 Å². The van der Waals surface area contributed by atoms with E-state index in [-0.39, 0.29) is 24.3 Å². The number of hydrogen-bond donors (Lipinski definition) is 2. The highest BCUT2D eigenvalue weighted by atomic mass is 16.5. The summed E-state index contributed by atoms with van der Waals surface area (Å²) in [6.45, 7) is 3.97. The number of fused-ring (bicyclic) bond motifs is 1. The van der Waals surface area contributed by atoms with Crippen molar-refractivity contribution in [1.29, 1.82) is 0 Å². The van der Waals surface area contributed by atoms with Gasteiger partial charge in [-0.3, -0.25) is 4.79 Å². The van der Waals surface area contributed by atoms with E-state index in [0.717, 1.165) is 5.39 Å². The molecular formula is C24H24N4O3. The zero-order valence-corrected chi connectivity index (χ0v) is 17.7. The molecule has 3 aromatic rings. The Kier molecular flexibility index (Phi) is 6.83. The van der Waals surface area contributed by atoms with Gasteiger partial charge in [-0.2, -0.15) is 0 Å². The summed E-state index contributed by atoms with van der Waals surface area (Å²) in [5.41, 5.74) is 1.90. The molecule has 0 fully saturated rings. The van der Waals surface area contributed by atoms with Gasteiger partial charge in [0.05, 0.1) is 19.2 Å². The van der Waals surface area contributed by atoms with Crippen molar-refractivity contribution < 1.29 is 14.3 Å². The van der Waals surface area contributed by atoms with Gasteiger partial charge in [0, 0.05) is 16.5 Å². The molecule has 7 heteroatoms. The van der Waals surface area contributed by atoms with Gasteiger partial charge in [-0.1, -0.05) is 31.9 Å². The highest BCUT2D eigenvalue weighted by Crippen LogP contribution is 2.22. The Labute approximate surface area is 181 Å². The SMILES string of the molecule is C#Cc1ccc(C(=O)NCc2nc(N[C@H](C(=O)OC)C(C)C)c3ccccc3n2)cc1. The predicted octanol–water partition coefficient (Wildman–Crippen LogP) is 3.15. The molecule has 2 N–H and O–H groups in total. The standard InChI is InChI=1S/C24H24N4O3/c1-5-16-10-12-17(13-11-16)23(29)25-14-20-26-19-9-7-6-8-18(19)22(27-20)28-21(15(2)3)24(30)31-4/h1,6-13,15,21H,14H2,2-4H3,(H,25,29)(H,26,27,28)/t21-/m0/s1. The second-order valence-corrected chi connectivity index (χ2v) is 7.30. The van der Waals surface area contributed by atoms with Crippen LogP contribution in [0.25, 0.3) is 10.9 Å². The molecule has 1 atom stereocenters. The molecule has 2 aromatic carbocycles. The number of aromatic nitrogens is 2. The zero-order valence-electron chi connectivity index (χ0n) is 17.7. The molecule has 1 aromatic heterocycles. The molecule has 158 valence electrons. The molecule has 0 aliphatic rings. The number of ether oxygens (including phenoxy) is 1. The number of hydrogen-bond acceptors (Lipinski definition) is 6. The number of benzene rings is 2. The van der Waals surface area contributed by atoms with Crippen molar-refractivity contribution in [3.63, 3.8) is 0 Å². The highest BCUT2D eigenvalue weighted by molar-refractivity contribution is 5.94. The van der Waals surface area contributed by atoms with Gasteiger partial charge in [-0.05, 0) is 42.3 Å². The highest BCUT2D eigenvalue weighted by Gasteiger charge is 2.24. The fourth-order valence-electron chi connectivity index (χ4n) is 3.07. The molecule has 0 saturated heterocycles. The van der Waals surface area contributed by atoms with E-state index < -0.39 is 6.04 Å². The third-order valence-electron chi connectivity index (χ3n) is 4.78. The number of methoxy groups -OCH3 is 1. The van der Waals surface area contributed by atoms with Crippen LogP contribution in [0.1, 0.15) is 35.6 Å². The quantitative estimate of drug-likeness (QED) is 0.454. The molecular weight excluding hydrogens is 392 g/mol. The van der Waals surface area contributed by atoms with Crippen LogP contribution in [0.3, 0.4) is 0 Å². The first-order valence-corrected chi connectivity index (χ1v) is 9.87. The van der Waals surface area contributed by atoms with Gasteiger partial charge in [0.25, 0.3) is 5.91 Å². The van der Waals surface area contributed by atoms with Gasteiger partial charge in [0.2, 0.25) is 0 Å². The first kappa shape index (κ1) is 21.8. The maximum Gasteiger partial charge on any atom is 0.328 e. The normalized spacial score (nSPS) is 11.6. The van der Waals surface area contributed by atoms with Crippen molar-refractivity contribution in [1.82, 2.24) is 15.3 Å². The number of anilines is 1. The number of nitrogens with zero attached hydrogens (tertiary/aromatic N) is 2. The first-order valence-electron chi connectivity index (χ1n) is 9.87. The Balaban J connectivity index is 1.85. The van der Waals surface area contributed by atoms with Gasteiger partial charge in [-0.25, -0.2) is 14.8 Å². The molecule has 7 nitrogen and oxygen atoms in total. The van der Waals surface area contributed by atoms with Crippen LogP contribution in [0.5, 0.6) is 0 Å². The van der Waals surface area contributed by atoms with Crippen LogP contribution in [0.2, 0.25) is 0 Å². The monoisotopic (exact) mass is 416 g/mol. The molecule has 0 spiro atoms. The van der Waals surface area contributed by atoms with Gasteiger partial charge in [0.15, 0.2) is 5.82 Å². The maximum atomic E-state index is 12.5. The number of terminal acetylenes is 1. The summed E-state index contributed by atoms with van der Waals surface area (Å²) >= 11 is 0. The van der Waals surface area contributed by atoms with Crippen LogP contribution in [0.15, 0.2) is 48.5 Å². The van der Waals surface area contributed by atoms with E-state index in [1.807, 2.05) is 38.1 Å². The Bertz CT molecular complexity index is 1130. The Hall–Kier alpha value is -3.92. The van der Waals surface area contributed by atoms with E-state index in [1.165, 1.54) is 7.11 Å². The Morgan fingerprint density at radius 1 is 1.10 bits per heavy atom. The third kappa shape index (κ3) is 5.17. The number of nitrogens with one attached hydrogen (secondary N) is 2. The average Bonchev–Trinajstić information content (AvgIpc) is 2.80. The zero-order chi connectivity index (χ0) is 22.4. The smallest absolute Gasteiger partial charge is 0.328 e. The van der Waals surface area contributed by atoms with Gasteiger partial charge < -0.3 is 15.4 Å².